The minimum absolute atomic E-state index is 0.00676. The first kappa shape index (κ1) is 15.8. The van der Waals surface area contributed by atoms with E-state index in [4.69, 9.17) is 9.26 Å². The maximum atomic E-state index is 13.0. The first-order valence-electron chi connectivity index (χ1n) is 8.23. The van der Waals surface area contributed by atoms with Gasteiger partial charge in [0.15, 0.2) is 5.82 Å². The highest BCUT2D eigenvalue weighted by atomic mass is 16.5. The van der Waals surface area contributed by atoms with Crippen molar-refractivity contribution >= 4 is 17.5 Å². The number of amides is 2. The molecule has 0 bridgehead atoms. The average Bonchev–Trinajstić information content (AvgIpc) is 3.07. The molecule has 1 atom stereocenters. The number of carbonyl (C=O) groups is 2. The summed E-state index contributed by atoms with van der Waals surface area (Å²) in [4.78, 5) is 30.5. The summed E-state index contributed by atoms with van der Waals surface area (Å²) in [6.45, 7) is 2.99. The molecule has 0 saturated carbocycles. The number of nitrogens with one attached hydrogen (secondary N) is 1. The van der Waals surface area contributed by atoms with Crippen LogP contribution in [0.4, 0.5) is 5.69 Å². The lowest BCUT2D eigenvalue weighted by atomic mass is 9.99. The quantitative estimate of drug-likeness (QED) is 0.888. The van der Waals surface area contributed by atoms with Crippen molar-refractivity contribution in [3.05, 3.63) is 41.0 Å². The minimum Gasteiger partial charge on any atom is -0.377 e. The van der Waals surface area contributed by atoms with Crippen LogP contribution in [0.15, 0.2) is 22.7 Å². The number of anilines is 1. The fourth-order valence-electron chi connectivity index (χ4n) is 3.19. The van der Waals surface area contributed by atoms with E-state index in [0.717, 1.165) is 11.3 Å². The highest BCUT2D eigenvalue weighted by molar-refractivity contribution is 5.98. The lowest BCUT2D eigenvalue weighted by Crippen LogP contribution is -2.44. The molecular formula is C17H18N4O4. The van der Waals surface area contributed by atoms with E-state index in [-0.39, 0.29) is 17.9 Å². The van der Waals surface area contributed by atoms with E-state index in [1.165, 1.54) is 0 Å². The van der Waals surface area contributed by atoms with Gasteiger partial charge in [-0.3, -0.25) is 9.59 Å². The van der Waals surface area contributed by atoms with Crippen LogP contribution in [-0.4, -0.2) is 46.6 Å². The first-order chi connectivity index (χ1) is 12.1. The molecule has 0 aliphatic carbocycles. The van der Waals surface area contributed by atoms with E-state index in [1.54, 1.807) is 24.0 Å². The highest BCUT2D eigenvalue weighted by Crippen LogP contribution is 2.27. The third-order valence-electron chi connectivity index (χ3n) is 4.48. The number of nitrogens with zero attached hydrogens (tertiary/aromatic N) is 3. The van der Waals surface area contributed by atoms with E-state index in [9.17, 15) is 9.59 Å². The summed E-state index contributed by atoms with van der Waals surface area (Å²) in [5.41, 5.74) is 2.34. The third kappa shape index (κ3) is 3.00. The summed E-state index contributed by atoms with van der Waals surface area (Å²) in [7, 11) is 0. The van der Waals surface area contributed by atoms with Gasteiger partial charge in [0, 0.05) is 31.1 Å². The van der Waals surface area contributed by atoms with E-state index in [0.29, 0.717) is 49.9 Å². The smallest absolute Gasteiger partial charge is 0.254 e. The van der Waals surface area contributed by atoms with Gasteiger partial charge in [0.05, 0.1) is 13.2 Å². The van der Waals surface area contributed by atoms with Gasteiger partial charge < -0.3 is 19.5 Å². The van der Waals surface area contributed by atoms with E-state index >= 15 is 0 Å². The van der Waals surface area contributed by atoms with Crippen molar-refractivity contribution in [1.82, 2.24) is 15.0 Å². The fourth-order valence-corrected chi connectivity index (χ4v) is 3.19. The number of benzene rings is 1. The van der Waals surface area contributed by atoms with Crippen LogP contribution in [0.1, 0.15) is 40.1 Å². The molecule has 1 fully saturated rings. The second-order valence-electron chi connectivity index (χ2n) is 6.18. The van der Waals surface area contributed by atoms with Gasteiger partial charge in [0.1, 0.15) is 6.04 Å². The van der Waals surface area contributed by atoms with Gasteiger partial charge in [-0.05, 0) is 30.2 Å². The maximum Gasteiger partial charge on any atom is 0.254 e. The Hall–Kier alpha value is -2.74. The Labute approximate surface area is 144 Å². The van der Waals surface area contributed by atoms with Crippen LogP contribution >= 0.6 is 0 Å². The molecule has 25 heavy (non-hydrogen) atoms. The Morgan fingerprint density at radius 3 is 3.04 bits per heavy atom. The van der Waals surface area contributed by atoms with Gasteiger partial charge in [-0.25, -0.2) is 0 Å². The van der Waals surface area contributed by atoms with Crippen molar-refractivity contribution in [3.8, 4) is 0 Å². The van der Waals surface area contributed by atoms with Crippen LogP contribution in [-0.2, 0) is 16.0 Å². The van der Waals surface area contributed by atoms with Crippen molar-refractivity contribution in [1.29, 1.82) is 0 Å². The molecule has 2 aromatic rings. The molecule has 1 saturated heterocycles. The minimum atomic E-state index is -0.366. The number of ether oxygens (including phenoxy) is 1. The molecule has 8 heteroatoms. The van der Waals surface area contributed by atoms with Gasteiger partial charge in [0.25, 0.3) is 5.91 Å². The molecule has 4 rings (SSSR count). The van der Waals surface area contributed by atoms with Gasteiger partial charge in [0.2, 0.25) is 11.8 Å². The van der Waals surface area contributed by atoms with Crippen LogP contribution in [0, 0.1) is 6.92 Å². The monoisotopic (exact) mass is 342 g/mol. The van der Waals surface area contributed by atoms with Gasteiger partial charge in [-0.2, -0.15) is 4.98 Å². The van der Waals surface area contributed by atoms with Crippen LogP contribution in [0.5, 0.6) is 0 Å². The second-order valence-corrected chi connectivity index (χ2v) is 6.18. The number of fused-ring (bicyclic) bond motifs is 1. The molecule has 8 nitrogen and oxygen atoms in total. The van der Waals surface area contributed by atoms with Crippen LogP contribution in [0.25, 0.3) is 0 Å². The molecule has 130 valence electrons. The Morgan fingerprint density at radius 1 is 1.36 bits per heavy atom. The number of aryl methyl sites for hydroxylation is 2. The topological polar surface area (TPSA) is 97.6 Å². The van der Waals surface area contributed by atoms with E-state index in [2.05, 4.69) is 15.5 Å². The van der Waals surface area contributed by atoms with Crippen molar-refractivity contribution < 1.29 is 18.8 Å². The van der Waals surface area contributed by atoms with Crippen molar-refractivity contribution in [3.63, 3.8) is 0 Å². The summed E-state index contributed by atoms with van der Waals surface area (Å²) >= 11 is 0. The molecule has 0 spiro atoms. The van der Waals surface area contributed by atoms with E-state index in [1.807, 2.05) is 6.07 Å². The number of hydrogen-bond acceptors (Lipinski definition) is 6. The number of morpholine rings is 1. The summed E-state index contributed by atoms with van der Waals surface area (Å²) in [6, 6.07) is 5.01. The van der Waals surface area contributed by atoms with Crippen molar-refractivity contribution in [2.75, 3.05) is 25.1 Å². The largest absolute Gasteiger partial charge is 0.377 e. The molecule has 1 unspecified atom stereocenters. The molecule has 2 amide bonds. The predicted molar refractivity (Wildman–Crippen MR) is 87.0 cm³/mol. The normalized spacial score (nSPS) is 20.1. The Bertz CT molecular complexity index is 832. The van der Waals surface area contributed by atoms with Crippen molar-refractivity contribution in [2.24, 2.45) is 0 Å². The first-order valence-corrected chi connectivity index (χ1v) is 8.23. The van der Waals surface area contributed by atoms with Crippen LogP contribution < -0.4 is 5.32 Å². The molecular weight excluding hydrogens is 324 g/mol. The highest BCUT2D eigenvalue weighted by Gasteiger charge is 2.33. The Balaban J connectivity index is 1.61. The molecule has 2 aliphatic rings. The fraction of sp³-hybridized carbons (Fsp3) is 0.412. The number of rotatable bonds is 2. The molecule has 1 N–H and O–H groups in total. The van der Waals surface area contributed by atoms with Crippen LogP contribution in [0.3, 0.4) is 0 Å². The number of carbonyl (C=O) groups excluding carboxylic acids is 2. The summed E-state index contributed by atoms with van der Waals surface area (Å²) in [5, 5.41) is 6.76. The lowest BCUT2D eigenvalue weighted by molar-refractivity contribution is -0.116. The Morgan fingerprint density at radius 2 is 2.24 bits per heavy atom. The third-order valence-corrected chi connectivity index (χ3v) is 4.48. The second kappa shape index (κ2) is 6.29. The van der Waals surface area contributed by atoms with E-state index < -0.39 is 0 Å². The Kier molecular flexibility index (Phi) is 3.96. The summed E-state index contributed by atoms with van der Waals surface area (Å²) in [6.07, 6.45) is 1.08. The lowest BCUT2D eigenvalue weighted by Gasteiger charge is -2.34. The molecule has 0 radical (unpaired) electrons. The zero-order valence-corrected chi connectivity index (χ0v) is 13.8. The molecule has 3 heterocycles. The molecule has 2 aliphatic heterocycles. The number of hydrogen-bond donors (Lipinski definition) is 1. The molecule has 1 aromatic heterocycles. The average molecular weight is 342 g/mol. The van der Waals surface area contributed by atoms with Gasteiger partial charge in [-0.1, -0.05) is 5.16 Å². The van der Waals surface area contributed by atoms with Crippen molar-refractivity contribution in [2.45, 2.75) is 25.8 Å². The molecule has 1 aromatic carbocycles. The van der Waals surface area contributed by atoms with Crippen LogP contribution in [0.2, 0.25) is 0 Å². The zero-order chi connectivity index (χ0) is 17.4. The predicted octanol–water partition coefficient (Wildman–Crippen LogP) is 1.48. The summed E-state index contributed by atoms with van der Waals surface area (Å²) in [5.74, 6) is 0.816. The SMILES string of the molecule is Cc1nc(C2COCCN2C(=O)c2ccc3c(c2)CCC(=O)N3)no1. The standard InChI is InChI=1S/C17H18N4O4/c1-10-18-16(20-25-10)14-9-24-7-6-21(14)17(23)12-2-4-13-11(8-12)3-5-15(22)19-13/h2,4,8,14H,3,5-7,9H2,1H3,(H,19,22). The summed E-state index contributed by atoms with van der Waals surface area (Å²) < 4.78 is 10.5. The van der Waals surface area contributed by atoms with Gasteiger partial charge in [-0.15, -0.1) is 0 Å². The number of aromatic nitrogens is 2. The maximum absolute atomic E-state index is 13.0. The van der Waals surface area contributed by atoms with Gasteiger partial charge >= 0.3 is 0 Å². The zero-order valence-electron chi connectivity index (χ0n) is 13.8.